The van der Waals surface area contributed by atoms with Gasteiger partial charge in [0.2, 0.25) is 0 Å². The van der Waals surface area contributed by atoms with E-state index in [-0.39, 0.29) is 12.4 Å². The minimum Gasteiger partial charge on any atom is -1.00 e. The fourth-order valence-corrected chi connectivity index (χ4v) is 5.23. The molecule has 0 radical (unpaired) electrons. The van der Waals surface area contributed by atoms with E-state index < -0.39 is 0 Å². The average molecular weight is 460 g/mol. The topological polar surface area (TPSA) is 0 Å². The standard InChI is InChI=1S/C30H50N.ClH/c1-4-7-8-9-10-11-12-13-14-15-16-17-18-21-27-31(5-2,6-3)30-26-22-24-28-23-19-20-25-29(28)30;/h19-20,22-26H,4-18,21,27H2,1-3H3;1H/q+1;/p-1. The number of unbranched alkanes of at least 4 members (excludes halogenated alkanes) is 13. The van der Waals surface area contributed by atoms with Gasteiger partial charge in [-0.15, -0.1) is 0 Å². The van der Waals surface area contributed by atoms with Crippen LogP contribution in [0.1, 0.15) is 111 Å². The molecule has 32 heavy (non-hydrogen) atoms. The van der Waals surface area contributed by atoms with Crippen LogP contribution in [-0.4, -0.2) is 19.6 Å². The zero-order valence-corrected chi connectivity index (χ0v) is 22.1. The lowest BCUT2D eigenvalue weighted by Gasteiger charge is -2.37. The SMILES string of the molecule is CCCCCCCCCCCCCCCC[N+](CC)(CC)c1cccc2ccccc12.[Cl-]. The quantitative estimate of drug-likeness (QED) is 0.172. The average Bonchev–Trinajstić information content (AvgIpc) is 2.82. The van der Waals surface area contributed by atoms with Crippen molar-refractivity contribution in [3.05, 3.63) is 42.5 Å². The van der Waals surface area contributed by atoms with Gasteiger partial charge in [-0.2, -0.15) is 0 Å². The summed E-state index contributed by atoms with van der Waals surface area (Å²) in [6.07, 6.45) is 20.0. The Morgan fingerprint density at radius 3 is 1.53 bits per heavy atom. The first-order valence-corrected chi connectivity index (χ1v) is 13.6. The molecule has 1 nitrogen and oxygen atoms in total. The summed E-state index contributed by atoms with van der Waals surface area (Å²) < 4.78 is 1.12. The van der Waals surface area contributed by atoms with Crippen LogP contribution in [0.2, 0.25) is 0 Å². The van der Waals surface area contributed by atoms with Crippen molar-refractivity contribution in [3.63, 3.8) is 0 Å². The van der Waals surface area contributed by atoms with Crippen LogP contribution in [0.25, 0.3) is 10.8 Å². The third-order valence-electron chi connectivity index (χ3n) is 7.43. The van der Waals surface area contributed by atoms with Crippen molar-refractivity contribution in [1.29, 1.82) is 0 Å². The highest BCUT2D eigenvalue weighted by molar-refractivity contribution is 5.93. The number of halogens is 1. The van der Waals surface area contributed by atoms with Crippen molar-refractivity contribution in [2.24, 2.45) is 0 Å². The lowest BCUT2D eigenvalue weighted by atomic mass is 10.0. The predicted molar refractivity (Wildman–Crippen MR) is 142 cm³/mol. The van der Waals surface area contributed by atoms with E-state index >= 15 is 0 Å². The Hall–Kier alpha value is -1.05. The zero-order valence-electron chi connectivity index (χ0n) is 21.4. The maximum Gasteiger partial charge on any atom is 0.140 e. The van der Waals surface area contributed by atoms with E-state index in [1.807, 2.05) is 0 Å². The maximum absolute atomic E-state index is 2.37. The van der Waals surface area contributed by atoms with Crippen molar-refractivity contribution in [3.8, 4) is 0 Å². The summed E-state index contributed by atoms with van der Waals surface area (Å²) in [5, 5.41) is 2.82. The molecule has 2 rings (SSSR count). The molecular formula is C30H50ClN. The first kappa shape index (κ1) is 29.0. The molecule has 0 saturated carbocycles. The molecule has 0 atom stereocenters. The van der Waals surface area contributed by atoms with E-state index in [1.165, 1.54) is 126 Å². The Labute approximate surface area is 206 Å². The summed E-state index contributed by atoms with van der Waals surface area (Å²) in [7, 11) is 0. The number of rotatable bonds is 18. The van der Waals surface area contributed by atoms with Crippen LogP contribution < -0.4 is 16.9 Å². The zero-order chi connectivity index (χ0) is 22.2. The molecule has 0 fully saturated rings. The van der Waals surface area contributed by atoms with Crippen LogP contribution in [0.4, 0.5) is 5.69 Å². The van der Waals surface area contributed by atoms with Crippen molar-refractivity contribution < 1.29 is 12.4 Å². The number of hydrogen-bond acceptors (Lipinski definition) is 0. The fourth-order valence-electron chi connectivity index (χ4n) is 5.23. The molecule has 2 heteroatoms. The highest BCUT2D eigenvalue weighted by atomic mass is 35.5. The minimum absolute atomic E-state index is 0. The Bertz CT molecular complexity index is 702. The summed E-state index contributed by atoms with van der Waals surface area (Å²) in [6.45, 7) is 10.7. The molecule has 0 amide bonds. The van der Waals surface area contributed by atoms with Crippen LogP contribution in [-0.2, 0) is 0 Å². The van der Waals surface area contributed by atoms with Crippen molar-refractivity contribution in [1.82, 2.24) is 4.48 Å². The summed E-state index contributed by atoms with van der Waals surface area (Å²) in [4.78, 5) is 0. The van der Waals surface area contributed by atoms with Gasteiger partial charge in [-0.05, 0) is 44.2 Å². The van der Waals surface area contributed by atoms with Gasteiger partial charge in [0.25, 0.3) is 0 Å². The number of nitrogens with zero attached hydrogens (tertiary/aromatic N) is 1. The smallest absolute Gasteiger partial charge is 0.140 e. The molecule has 2 aromatic rings. The van der Waals surface area contributed by atoms with Crippen molar-refractivity contribution >= 4 is 16.5 Å². The molecule has 0 heterocycles. The van der Waals surface area contributed by atoms with Gasteiger partial charge in [0.15, 0.2) is 0 Å². The largest absolute Gasteiger partial charge is 1.00 e. The Kier molecular flexibility index (Phi) is 15.8. The molecule has 0 aromatic heterocycles. The monoisotopic (exact) mass is 459 g/mol. The summed E-state index contributed by atoms with van der Waals surface area (Å²) >= 11 is 0. The molecular weight excluding hydrogens is 410 g/mol. The molecule has 0 aliphatic carbocycles. The highest BCUT2D eigenvalue weighted by Crippen LogP contribution is 2.32. The van der Waals surface area contributed by atoms with Gasteiger partial charge < -0.3 is 12.4 Å². The van der Waals surface area contributed by atoms with Crippen molar-refractivity contribution in [2.75, 3.05) is 19.6 Å². The van der Waals surface area contributed by atoms with E-state index in [0.29, 0.717) is 0 Å². The number of quaternary nitrogens is 1. The maximum atomic E-state index is 2.37. The molecule has 0 unspecified atom stereocenters. The first-order valence-electron chi connectivity index (χ1n) is 13.6. The fraction of sp³-hybridized carbons (Fsp3) is 0.667. The summed E-state index contributed by atoms with van der Waals surface area (Å²) in [5.41, 5.74) is 1.53. The van der Waals surface area contributed by atoms with Crippen molar-refractivity contribution in [2.45, 2.75) is 111 Å². The van der Waals surface area contributed by atoms with Crippen LogP contribution in [0.5, 0.6) is 0 Å². The number of hydrogen-bond donors (Lipinski definition) is 0. The van der Waals surface area contributed by atoms with Gasteiger partial charge in [-0.3, -0.25) is 4.48 Å². The van der Waals surface area contributed by atoms with Gasteiger partial charge in [0.1, 0.15) is 5.69 Å². The Balaban J connectivity index is 0.00000512. The van der Waals surface area contributed by atoms with Crippen LogP contribution in [0.15, 0.2) is 42.5 Å². The molecule has 0 spiro atoms. The molecule has 0 N–H and O–H groups in total. The second-order valence-corrected chi connectivity index (χ2v) is 9.60. The third kappa shape index (κ3) is 9.44. The normalized spacial score (nSPS) is 11.6. The van der Waals surface area contributed by atoms with Gasteiger partial charge >= 0.3 is 0 Å². The van der Waals surface area contributed by atoms with Crippen LogP contribution in [0.3, 0.4) is 0 Å². The minimum atomic E-state index is 0. The molecule has 182 valence electrons. The van der Waals surface area contributed by atoms with Gasteiger partial charge in [0, 0.05) is 5.39 Å². The van der Waals surface area contributed by atoms with E-state index in [4.69, 9.17) is 0 Å². The van der Waals surface area contributed by atoms with E-state index in [0.717, 1.165) is 4.48 Å². The molecule has 0 aliphatic rings. The lowest BCUT2D eigenvalue weighted by molar-refractivity contribution is -0.00000663. The third-order valence-corrected chi connectivity index (χ3v) is 7.43. The summed E-state index contributed by atoms with van der Waals surface area (Å²) in [6, 6.07) is 15.8. The second kappa shape index (κ2) is 17.4. The van der Waals surface area contributed by atoms with Gasteiger partial charge in [-0.1, -0.05) is 114 Å². The first-order chi connectivity index (χ1) is 15.3. The molecule has 0 bridgehead atoms. The second-order valence-electron chi connectivity index (χ2n) is 9.60. The molecule has 0 saturated heterocycles. The Morgan fingerprint density at radius 2 is 1.00 bits per heavy atom. The number of fused-ring (bicyclic) bond motifs is 1. The van der Waals surface area contributed by atoms with E-state index in [9.17, 15) is 0 Å². The molecule has 2 aromatic carbocycles. The van der Waals surface area contributed by atoms with Gasteiger partial charge in [0.05, 0.1) is 19.6 Å². The lowest BCUT2D eigenvalue weighted by Crippen LogP contribution is -3.00. The summed E-state index contributed by atoms with van der Waals surface area (Å²) in [5.74, 6) is 0. The van der Waals surface area contributed by atoms with Gasteiger partial charge in [-0.25, -0.2) is 0 Å². The predicted octanol–water partition coefficient (Wildman–Crippen LogP) is 6.67. The van der Waals surface area contributed by atoms with E-state index in [1.54, 1.807) is 0 Å². The van der Waals surface area contributed by atoms with Crippen LogP contribution >= 0.6 is 0 Å². The number of benzene rings is 2. The van der Waals surface area contributed by atoms with Crippen LogP contribution in [0, 0.1) is 0 Å². The Morgan fingerprint density at radius 1 is 0.531 bits per heavy atom. The van der Waals surface area contributed by atoms with E-state index in [2.05, 4.69) is 63.2 Å². The molecule has 0 aliphatic heterocycles. The highest BCUT2D eigenvalue weighted by Gasteiger charge is 2.27.